The fraction of sp³-hybridized carbons (Fsp3) is 0.500. The standard InChI is InChI=1S/C12H19N3O2/c1-9(4-5-12(16)17)14-10-8-13-7-6-11(10)15(2)3/h6-9,14H,4-5H2,1-3H3,(H,16,17). The summed E-state index contributed by atoms with van der Waals surface area (Å²) in [6, 6.07) is 2.03. The van der Waals surface area contributed by atoms with Gasteiger partial charge in [0, 0.05) is 32.8 Å². The number of hydrogen-bond donors (Lipinski definition) is 2. The summed E-state index contributed by atoms with van der Waals surface area (Å²) >= 11 is 0. The number of nitrogens with zero attached hydrogens (tertiary/aromatic N) is 2. The third kappa shape index (κ3) is 4.30. The smallest absolute Gasteiger partial charge is 0.303 e. The summed E-state index contributed by atoms with van der Waals surface area (Å²) in [7, 11) is 3.92. The SMILES string of the molecule is CC(CCC(=O)O)Nc1cnccc1N(C)C. The normalized spacial score (nSPS) is 11.9. The average molecular weight is 237 g/mol. The van der Waals surface area contributed by atoms with Crippen molar-refractivity contribution in [3.8, 4) is 0 Å². The third-order valence-electron chi connectivity index (χ3n) is 2.47. The van der Waals surface area contributed by atoms with Crippen LogP contribution in [0.1, 0.15) is 19.8 Å². The zero-order valence-corrected chi connectivity index (χ0v) is 10.5. The molecule has 5 heteroatoms. The van der Waals surface area contributed by atoms with Crippen LogP contribution in [0.2, 0.25) is 0 Å². The highest BCUT2D eigenvalue weighted by molar-refractivity contribution is 5.69. The first kappa shape index (κ1) is 13.3. The highest BCUT2D eigenvalue weighted by Gasteiger charge is 2.09. The summed E-state index contributed by atoms with van der Waals surface area (Å²) < 4.78 is 0. The van der Waals surface area contributed by atoms with Crippen LogP contribution in [0.5, 0.6) is 0 Å². The van der Waals surface area contributed by atoms with Crippen LogP contribution in [0, 0.1) is 0 Å². The van der Waals surface area contributed by atoms with Gasteiger partial charge in [0.1, 0.15) is 0 Å². The van der Waals surface area contributed by atoms with Crippen LogP contribution in [0.4, 0.5) is 11.4 Å². The average Bonchev–Trinajstić information content (AvgIpc) is 2.27. The minimum Gasteiger partial charge on any atom is -0.481 e. The Bertz CT molecular complexity index is 380. The second-order valence-electron chi connectivity index (χ2n) is 4.27. The maximum atomic E-state index is 10.5. The predicted molar refractivity (Wildman–Crippen MR) is 68.5 cm³/mol. The summed E-state index contributed by atoms with van der Waals surface area (Å²) in [5, 5.41) is 11.9. The van der Waals surface area contributed by atoms with Crippen molar-refractivity contribution in [2.45, 2.75) is 25.8 Å². The molecule has 17 heavy (non-hydrogen) atoms. The van der Waals surface area contributed by atoms with Crippen molar-refractivity contribution in [2.24, 2.45) is 0 Å². The lowest BCUT2D eigenvalue weighted by atomic mass is 10.1. The first-order chi connectivity index (χ1) is 8.00. The summed E-state index contributed by atoms with van der Waals surface area (Å²) in [6.07, 6.45) is 4.26. The Kier molecular flexibility index (Phi) is 4.75. The molecule has 0 radical (unpaired) electrons. The van der Waals surface area contributed by atoms with E-state index < -0.39 is 5.97 Å². The summed E-state index contributed by atoms with van der Waals surface area (Å²) in [6.45, 7) is 1.97. The Morgan fingerprint density at radius 1 is 1.59 bits per heavy atom. The highest BCUT2D eigenvalue weighted by atomic mass is 16.4. The number of nitrogens with one attached hydrogen (secondary N) is 1. The quantitative estimate of drug-likeness (QED) is 0.790. The monoisotopic (exact) mass is 237 g/mol. The van der Waals surface area contributed by atoms with Crippen LogP contribution in [-0.4, -0.2) is 36.2 Å². The zero-order valence-electron chi connectivity index (χ0n) is 10.5. The topological polar surface area (TPSA) is 65.5 Å². The van der Waals surface area contributed by atoms with Crippen molar-refractivity contribution in [3.63, 3.8) is 0 Å². The van der Waals surface area contributed by atoms with E-state index in [4.69, 9.17) is 5.11 Å². The Morgan fingerprint density at radius 2 is 2.29 bits per heavy atom. The van der Waals surface area contributed by atoms with Gasteiger partial charge in [0.25, 0.3) is 0 Å². The summed E-state index contributed by atoms with van der Waals surface area (Å²) in [5.41, 5.74) is 1.97. The van der Waals surface area contributed by atoms with Gasteiger partial charge in [-0.3, -0.25) is 9.78 Å². The number of rotatable bonds is 6. The number of carboxylic acids is 1. The molecule has 1 atom stereocenters. The molecule has 0 aliphatic rings. The zero-order chi connectivity index (χ0) is 12.8. The Hall–Kier alpha value is -1.78. The van der Waals surface area contributed by atoms with E-state index in [1.54, 1.807) is 12.4 Å². The van der Waals surface area contributed by atoms with Crippen LogP contribution in [0.3, 0.4) is 0 Å². The van der Waals surface area contributed by atoms with E-state index in [9.17, 15) is 4.79 Å². The molecule has 0 aliphatic carbocycles. The van der Waals surface area contributed by atoms with Gasteiger partial charge in [-0.25, -0.2) is 0 Å². The molecule has 0 amide bonds. The molecule has 0 aromatic carbocycles. The molecule has 0 spiro atoms. The number of carboxylic acid groups (broad SMARTS) is 1. The number of hydrogen-bond acceptors (Lipinski definition) is 4. The van der Waals surface area contributed by atoms with Crippen molar-refractivity contribution < 1.29 is 9.90 Å². The molecule has 1 aromatic heterocycles. The number of pyridine rings is 1. The fourth-order valence-corrected chi connectivity index (χ4v) is 1.57. The molecule has 5 nitrogen and oxygen atoms in total. The molecule has 1 aromatic rings. The van der Waals surface area contributed by atoms with Crippen molar-refractivity contribution >= 4 is 17.3 Å². The number of carbonyl (C=O) groups is 1. The van der Waals surface area contributed by atoms with E-state index in [-0.39, 0.29) is 12.5 Å². The van der Waals surface area contributed by atoms with E-state index >= 15 is 0 Å². The largest absolute Gasteiger partial charge is 0.481 e. The van der Waals surface area contributed by atoms with Gasteiger partial charge in [0.2, 0.25) is 0 Å². The lowest BCUT2D eigenvalue weighted by molar-refractivity contribution is -0.137. The van der Waals surface area contributed by atoms with Gasteiger partial charge in [0.05, 0.1) is 17.6 Å². The number of anilines is 2. The maximum Gasteiger partial charge on any atom is 0.303 e. The molecule has 0 bridgehead atoms. The third-order valence-corrected chi connectivity index (χ3v) is 2.47. The maximum absolute atomic E-state index is 10.5. The Labute approximate surface area is 101 Å². The molecule has 1 heterocycles. The molecule has 0 aliphatic heterocycles. The summed E-state index contributed by atoms with van der Waals surface area (Å²) in [5.74, 6) is -0.766. The van der Waals surface area contributed by atoms with E-state index in [0.717, 1.165) is 11.4 Å². The molecule has 0 saturated heterocycles. The van der Waals surface area contributed by atoms with Gasteiger partial charge in [0.15, 0.2) is 0 Å². The first-order valence-corrected chi connectivity index (χ1v) is 5.60. The van der Waals surface area contributed by atoms with Gasteiger partial charge < -0.3 is 15.3 Å². The fourth-order valence-electron chi connectivity index (χ4n) is 1.57. The van der Waals surface area contributed by atoms with E-state index in [0.29, 0.717) is 6.42 Å². The molecule has 1 unspecified atom stereocenters. The van der Waals surface area contributed by atoms with Gasteiger partial charge >= 0.3 is 5.97 Å². The van der Waals surface area contributed by atoms with Crippen molar-refractivity contribution in [3.05, 3.63) is 18.5 Å². The van der Waals surface area contributed by atoms with Gasteiger partial charge in [-0.2, -0.15) is 0 Å². The molecule has 2 N–H and O–H groups in total. The van der Waals surface area contributed by atoms with E-state index in [2.05, 4.69) is 10.3 Å². The molecule has 0 saturated carbocycles. The van der Waals surface area contributed by atoms with Crippen LogP contribution in [0.25, 0.3) is 0 Å². The van der Waals surface area contributed by atoms with Crippen molar-refractivity contribution in [1.82, 2.24) is 4.98 Å². The second kappa shape index (κ2) is 6.08. The van der Waals surface area contributed by atoms with Crippen LogP contribution in [-0.2, 0) is 4.79 Å². The molecule has 0 fully saturated rings. The van der Waals surface area contributed by atoms with Gasteiger partial charge in [-0.1, -0.05) is 0 Å². The minimum atomic E-state index is -0.766. The van der Waals surface area contributed by atoms with Gasteiger partial charge in [-0.05, 0) is 19.4 Å². The minimum absolute atomic E-state index is 0.106. The number of aliphatic carboxylic acids is 1. The first-order valence-electron chi connectivity index (χ1n) is 5.60. The highest BCUT2D eigenvalue weighted by Crippen LogP contribution is 2.23. The molecular weight excluding hydrogens is 218 g/mol. The lowest BCUT2D eigenvalue weighted by Crippen LogP contribution is -2.19. The molecule has 1 rings (SSSR count). The van der Waals surface area contributed by atoms with Crippen LogP contribution >= 0.6 is 0 Å². The van der Waals surface area contributed by atoms with Crippen molar-refractivity contribution in [1.29, 1.82) is 0 Å². The van der Waals surface area contributed by atoms with E-state index in [1.807, 2.05) is 32.0 Å². The van der Waals surface area contributed by atoms with Gasteiger partial charge in [-0.15, -0.1) is 0 Å². The second-order valence-corrected chi connectivity index (χ2v) is 4.27. The Balaban J connectivity index is 2.64. The summed E-state index contributed by atoms with van der Waals surface area (Å²) in [4.78, 5) is 16.5. The van der Waals surface area contributed by atoms with Crippen LogP contribution < -0.4 is 10.2 Å². The number of aromatic nitrogens is 1. The van der Waals surface area contributed by atoms with E-state index in [1.165, 1.54) is 0 Å². The van der Waals surface area contributed by atoms with Crippen molar-refractivity contribution in [2.75, 3.05) is 24.3 Å². The lowest BCUT2D eigenvalue weighted by Gasteiger charge is -2.21. The predicted octanol–water partition coefficient (Wildman–Crippen LogP) is 1.81. The molecular formula is C12H19N3O2. The van der Waals surface area contributed by atoms with Crippen LogP contribution in [0.15, 0.2) is 18.5 Å². The molecule has 94 valence electrons. The Morgan fingerprint density at radius 3 is 2.88 bits per heavy atom.